The van der Waals surface area contributed by atoms with Crippen molar-refractivity contribution < 1.29 is 17.9 Å². The average molecular weight is 371 g/mol. The molecule has 0 bridgehead atoms. The minimum atomic E-state index is -3.95. The van der Waals surface area contributed by atoms with Gasteiger partial charge in [0.15, 0.2) is 11.4 Å². The molecule has 4 rings (SSSR count). The van der Waals surface area contributed by atoms with Crippen molar-refractivity contribution in [1.82, 2.24) is 4.98 Å². The number of aliphatic hydroxyl groups is 1. The third-order valence-electron chi connectivity index (χ3n) is 4.09. The standard InChI is InChI=1S/C17H13N3O5S/c1-9-15-11(10(8-21)7-18-9)6-12(17(22)25-15)16-19-13-4-2-3-5-14(13)26(23,24)20-16/h2-7,21H,8H2,1H3,(H,19,20). The van der Waals surface area contributed by atoms with Crippen LogP contribution in [0.15, 0.2) is 55.0 Å². The Morgan fingerprint density at radius 3 is 2.81 bits per heavy atom. The van der Waals surface area contributed by atoms with E-state index < -0.39 is 15.6 Å². The molecule has 3 aromatic rings. The van der Waals surface area contributed by atoms with Crippen molar-refractivity contribution in [3.8, 4) is 0 Å². The zero-order chi connectivity index (χ0) is 18.5. The van der Waals surface area contributed by atoms with Gasteiger partial charge in [-0.25, -0.2) is 4.79 Å². The number of hydrogen-bond acceptors (Lipinski definition) is 7. The lowest BCUT2D eigenvalue weighted by atomic mass is 10.1. The molecule has 1 aliphatic heterocycles. The van der Waals surface area contributed by atoms with E-state index in [1.54, 1.807) is 25.1 Å². The van der Waals surface area contributed by atoms with Crippen molar-refractivity contribution in [3.63, 3.8) is 0 Å². The summed E-state index contributed by atoms with van der Waals surface area (Å²) in [6.07, 6.45) is 1.48. The van der Waals surface area contributed by atoms with Gasteiger partial charge >= 0.3 is 5.63 Å². The number of nitrogens with one attached hydrogen (secondary N) is 1. The minimum Gasteiger partial charge on any atom is -0.420 e. The minimum absolute atomic E-state index is 0.0324. The smallest absolute Gasteiger partial charge is 0.347 e. The monoisotopic (exact) mass is 371 g/mol. The summed E-state index contributed by atoms with van der Waals surface area (Å²) < 4.78 is 33.8. The highest BCUT2D eigenvalue weighted by atomic mass is 32.2. The van der Waals surface area contributed by atoms with Crippen LogP contribution in [0, 0.1) is 6.92 Å². The number of amidine groups is 1. The molecule has 26 heavy (non-hydrogen) atoms. The van der Waals surface area contributed by atoms with Gasteiger partial charge in [0.2, 0.25) is 0 Å². The molecule has 1 aromatic carbocycles. The molecule has 0 aliphatic carbocycles. The van der Waals surface area contributed by atoms with Gasteiger partial charge in [0, 0.05) is 17.1 Å². The van der Waals surface area contributed by atoms with Crippen LogP contribution >= 0.6 is 0 Å². The van der Waals surface area contributed by atoms with Crippen LogP contribution in [0.1, 0.15) is 16.8 Å². The van der Waals surface area contributed by atoms with E-state index in [9.17, 15) is 18.3 Å². The molecular weight excluding hydrogens is 358 g/mol. The van der Waals surface area contributed by atoms with E-state index in [1.165, 1.54) is 18.3 Å². The van der Waals surface area contributed by atoms with Crippen LogP contribution in [0.3, 0.4) is 0 Å². The number of sulfonamides is 1. The summed E-state index contributed by atoms with van der Waals surface area (Å²) in [5.74, 6) is -0.127. The Bertz CT molecular complexity index is 1240. The zero-order valence-corrected chi connectivity index (χ0v) is 14.4. The van der Waals surface area contributed by atoms with Crippen LogP contribution in [0.2, 0.25) is 0 Å². The fourth-order valence-electron chi connectivity index (χ4n) is 2.80. The molecular formula is C17H13N3O5S. The first-order valence-corrected chi connectivity index (χ1v) is 9.09. The Labute approximate surface area is 147 Å². The molecule has 9 heteroatoms. The van der Waals surface area contributed by atoms with Gasteiger partial charge in [-0.2, -0.15) is 8.42 Å². The SMILES string of the molecule is Cc1ncc(CO)c2cc(C3=NS(=O)(=O)c4ccccc4N3)c(=O)oc12. The summed E-state index contributed by atoms with van der Waals surface area (Å²) in [5.41, 5.74) is 0.706. The van der Waals surface area contributed by atoms with Gasteiger partial charge in [0.05, 0.1) is 18.0 Å². The summed E-state index contributed by atoms with van der Waals surface area (Å²) in [6.45, 7) is 1.36. The van der Waals surface area contributed by atoms with Gasteiger partial charge in [-0.05, 0) is 25.1 Å². The Morgan fingerprint density at radius 2 is 2.04 bits per heavy atom. The van der Waals surface area contributed by atoms with E-state index in [4.69, 9.17) is 4.42 Å². The van der Waals surface area contributed by atoms with Crippen molar-refractivity contribution >= 4 is 32.5 Å². The number of anilines is 1. The maximum atomic E-state index is 12.4. The van der Waals surface area contributed by atoms with Gasteiger partial charge in [0.25, 0.3) is 10.0 Å². The largest absolute Gasteiger partial charge is 0.420 e. The summed E-state index contributed by atoms with van der Waals surface area (Å²) >= 11 is 0. The van der Waals surface area contributed by atoms with Crippen LogP contribution in [0.25, 0.3) is 11.0 Å². The van der Waals surface area contributed by atoms with E-state index in [0.29, 0.717) is 22.3 Å². The molecule has 1 aliphatic rings. The number of para-hydroxylation sites is 1. The van der Waals surface area contributed by atoms with E-state index in [0.717, 1.165) is 0 Å². The number of hydrogen-bond donors (Lipinski definition) is 2. The van der Waals surface area contributed by atoms with E-state index in [2.05, 4.69) is 14.7 Å². The Kier molecular flexibility index (Phi) is 3.63. The first-order chi connectivity index (χ1) is 12.4. The quantitative estimate of drug-likeness (QED) is 0.701. The third-order valence-corrected chi connectivity index (χ3v) is 5.43. The summed E-state index contributed by atoms with van der Waals surface area (Å²) in [5, 5.41) is 12.8. The second-order valence-electron chi connectivity index (χ2n) is 5.75. The van der Waals surface area contributed by atoms with E-state index in [1.807, 2.05) is 0 Å². The first kappa shape index (κ1) is 16.4. The molecule has 132 valence electrons. The van der Waals surface area contributed by atoms with Crippen LogP contribution < -0.4 is 10.9 Å². The topological polar surface area (TPSA) is 122 Å². The van der Waals surface area contributed by atoms with Gasteiger partial charge in [0.1, 0.15) is 10.5 Å². The maximum Gasteiger partial charge on any atom is 0.347 e. The van der Waals surface area contributed by atoms with E-state index >= 15 is 0 Å². The van der Waals surface area contributed by atoms with Crippen LogP contribution in [0.5, 0.6) is 0 Å². The second kappa shape index (κ2) is 5.75. The molecule has 0 saturated carbocycles. The average Bonchev–Trinajstić information content (AvgIpc) is 2.61. The predicted octanol–water partition coefficient (Wildman–Crippen LogP) is 1.55. The Hall–Kier alpha value is -3.04. The molecule has 0 atom stereocenters. The first-order valence-electron chi connectivity index (χ1n) is 7.65. The van der Waals surface area contributed by atoms with Crippen LogP contribution in [-0.2, 0) is 16.6 Å². The van der Waals surface area contributed by atoms with Gasteiger partial charge < -0.3 is 14.8 Å². The molecule has 2 N–H and O–H groups in total. The van der Waals surface area contributed by atoms with Crippen molar-refractivity contribution in [1.29, 1.82) is 0 Å². The summed E-state index contributed by atoms with van der Waals surface area (Å²) in [4.78, 5) is 16.5. The third kappa shape index (κ3) is 2.49. The van der Waals surface area contributed by atoms with Gasteiger partial charge in [-0.15, -0.1) is 4.40 Å². The summed E-state index contributed by atoms with van der Waals surface area (Å²) in [6, 6.07) is 7.73. The lowest BCUT2D eigenvalue weighted by Crippen LogP contribution is -2.27. The highest BCUT2D eigenvalue weighted by molar-refractivity contribution is 7.90. The number of fused-ring (bicyclic) bond motifs is 2. The van der Waals surface area contributed by atoms with Gasteiger partial charge in [-0.3, -0.25) is 4.98 Å². The highest BCUT2D eigenvalue weighted by Crippen LogP contribution is 2.28. The molecule has 8 nitrogen and oxygen atoms in total. The number of benzene rings is 1. The molecule has 0 unspecified atom stereocenters. The second-order valence-corrected chi connectivity index (χ2v) is 7.33. The predicted molar refractivity (Wildman–Crippen MR) is 94.7 cm³/mol. The normalized spacial score (nSPS) is 15.2. The van der Waals surface area contributed by atoms with Crippen molar-refractivity contribution in [2.45, 2.75) is 18.4 Å². The van der Waals surface area contributed by atoms with Crippen LogP contribution in [0.4, 0.5) is 5.69 Å². The number of rotatable bonds is 2. The number of aromatic nitrogens is 1. The Morgan fingerprint density at radius 1 is 1.27 bits per heavy atom. The molecule has 0 saturated heterocycles. The fourth-order valence-corrected chi connectivity index (χ4v) is 3.93. The van der Waals surface area contributed by atoms with Crippen LogP contribution in [-0.4, -0.2) is 24.3 Å². The number of aliphatic hydroxyl groups excluding tert-OH is 1. The number of pyridine rings is 1. The number of nitrogens with zero attached hydrogens (tertiary/aromatic N) is 2. The van der Waals surface area contributed by atoms with Crippen molar-refractivity contribution in [3.05, 3.63) is 63.8 Å². The summed E-state index contributed by atoms with van der Waals surface area (Å²) in [7, 11) is -3.95. The lowest BCUT2D eigenvalue weighted by molar-refractivity contribution is 0.282. The molecule has 0 fully saturated rings. The van der Waals surface area contributed by atoms with E-state index in [-0.39, 0.29) is 28.5 Å². The maximum absolute atomic E-state index is 12.4. The van der Waals surface area contributed by atoms with Gasteiger partial charge in [-0.1, -0.05) is 12.1 Å². The molecule has 0 radical (unpaired) electrons. The molecule has 3 heterocycles. The zero-order valence-electron chi connectivity index (χ0n) is 13.6. The lowest BCUT2D eigenvalue weighted by Gasteiger charge is -2.17. The molecule has 0 amide bonds. The highest BCUT2D eigenvalue weighted by Gasteiger charge is 2.27. The molecule has 2 aromatic heterocycles. The number of aryl methyl sites for hydroxylation is 1. The Balaban J connectivity index is 1.97. The van der Waals surface area contributed by atoms with Crippen molar-refractivity contribution in [2.75, 3.05) is 5.32 Å². The molecule has 0 spiro atoms. The fraction of sp³-hybridized carbons (Fsp3) is 0.118. The van der Waals surface area contributed by atoms with Crippen molar-refractivity contribution in [2.24, 2.45) is 4.40 Å².